The third kappa shape index (κ3) is 4.73. The summed E-state index contributed by atoms with van der Waals surface area (Å²) >= 11 is 0. The van der Waals surface area contributed by atoms with Crippen LogP contribution in [0.2, 0.25) is 0 Å². The van der Waals surface area contributed by atoms with E-state index in [1.54, 1.807) is 0 Å². The minimum absolute atomic E-state index is 0.744. The zero-order valence-corrected chi connectivity index (χ0v) is 9.22. The van der Waals surface area contributed by atoms with Crippen LogP contribution < -0.4 is 5.32 Å². The van der Waals surface area contributed by atoms with E-state index in [0.29, 0.717) is 0 Å². The maximum atomic E-state index is 3.22. The summed E-state index contributed by atoms with van der Waals surface area (Å²) in [5, 5.41) is 3.22. The molecule has 0 aromatic carbocycles. The van der Waals surface area contributed by atoms with Crippen LogP contribution in [0.15, 0.2) is 0 Å². The van der Waals surface area contributed by atoms with Crippen molar-refractivity contribution in [1.29, 1.82) is 0 Å². The maximum Gasteiger partial charge on any atom is 0.00895 e. The van der Waals surface area contributed by atoms with Gasteiger partial charge in [-0.15, -0.1) is 0 Å². The van der Waals surface area contributed by atoms with E-state index >= 15 is 0 Å². The summed E-state index contributed by atoms with van der Waals surface area (Å²) in [6, 6.07) is 0.744. The van der Waals surface area contributed by atoms with E-state index in [2.05, 4.69) is 38.2 Å². The fourth-order valence-electron chi connectivity index (χ4n) is 1.64. The lowest BCUT2D eigenvalue weighted by Crippen LogP contribution is -2.31. The summed E-state index contributed by atoms with van der Waals surface area (Å²) in [5.41, 5.74) is 0. The van der Waals surface area contributed by atoms with Crippen LogP contribution in [-0.2, 0) is 0 Å². The van der Waals surface area contributed by atoms with Crippen LogP contribution in [0.3, 0.4) is 0 Å². The summed E-state index contributed by atoms with van der Waals surface area (Å²) in [6.45, 7) is 5.70. The minimum Gasteiger partial charge on any atom is -0.319 e. The van der Waals surface area contributed by atoms with Gasteiger partial charge in [0.2, 0.25) is 0 Å². The number of nitrogens with zero attached hydrogens (tertiary/aromatic N) is 1. The zero-order chi connectivity index (χ0) is 9.56. The van der Waals surface area contributed by atoms with Crippen molar-refractivity contribution in [1.82, 2.24) is 10.2 Å². The molecule has 0 saturated carbocycles. The largest absolute Gasteiger partial charge is 0.319 e. The van der Waals surface area contributed by atoms with Crippen molar-refractivity contribution in [3.8, 4) is 0 Å². The van der Waals surface area contributed by atoms with Gasteiger partial charge in [-0.3, -0.25) is 0 Å². The Kier molecular flexibility index (Phi) is 6.39. The Hall–Kier alpha value is -0.0800. The minimum atomic E-state index is 0.744. The first kappa shape index (κ1) is 11.9. The maximum absolute atomic E-state index is 3.22. The first-order chi connectivity index (χ1) is 5.61. The average Bonchev–Trinajstić information content (AvgIpc) is 2.00. The highest BCUT2D eigenvalue weighted by molar-refractivity contribution is 4.68. The van der Waals surface area contributed by atoms with Crippen LogP contribution in [0.4, 0.5) is 0 Å². The molecule has 0 fully saturated rings. The lowest BCUT2D eigenvalue weighted by Gasteiger charge is -2.25. The third-order valence-corrected chi connectivity index (χ3v) is 2.43. The lowest BCUT2D eigenvalue weighted by atomic mass is 9.99. The second-order valence-corrected chi connectivity index (χ2v) is 3.92. The Morgan fingerprint density at radius 3 is 2.25 bits per heavy atom. The SMILES string of the molecule is CCC(CC(C)CNC)N(C)C. The molecule has 0 aromatic heterocycles. The van der Waals surface area contributed by atoms with Crippen molar-refractivity contribution in [2.24, 2.45) is 5.92 Å². The molecule has 0 radical (unpaired) electrons. The molecule has 0 heterocycles. The molecular formula is C10H24N2. The summed E-state index contributed by atoms with van der Waals surface area (Å²) in [7, 11) is 6.35. The molecule has 2 heteroatoms. The molecule has 0 spiro atoms. The summed E-state index contributed by atoms with van der Waals surface area (Å²) in [6.07, 6.45) is 2.55. The van der Waals surface area contributed by atoms with Crippen molar-refractivity contribution >= 4 is 0 Å². The van der Waals surface area contributed by atoms with Crippen LogP contribution in [0, 0.1) is 5.92 Å². The first-order valence-electron chi connectivity index (χ1n) is 4.92. The summed E-state index contributed by atoms with van der Waals surface area (Å²) < 4.78 is 0. The normalized spacial score (nSPS) is 16.5. The number of rotatable bonds is 6. The Morgan fingerprint density at radius 2 is 1.92 bits per heavy atom. The highest BCUT2D eigenvalue weighted by Gasteiger charge is 2.12. The number of hydrogen-bond donors (Lipinski definition) is 1. The Balaban J connectivity index is 3.69. The Morgan fingerprint density at radius 1 is 1.33 bits per heavy atom. The molecule has 0 saturated heterocycles. The molecule has 2 nitrogen and oxygen atoms in total. The van der Waals surface area contributed by atoms with E-state index in [-0.39, 0.29) is 0 Å². The van der Waals surface area contributed by atoms with Gasteiger partial charge in [-0.1, -0.05) is 13.8 Å². The van der Waals surface area contributed by atoms with Gasteiger partial charge < -0.3 is 10.2 Å². The Labute approximate surface area is 77.3 Å². The molecule has 0 aliphatic carbocycles. The van der Waals surface area contributed by atoms with Crippen molar-refractivity contribution in [2.75, 3.05) is 27.7 Å². The van der Waals surface area contributed by atoms with Gasteiger partial charge in [0.05, 0.1) is 0 Å². The van der Waals surface area contributed by atoms with Crippen molar-refractivity contribution in [3.05, 3.63) is 0 Å². The molecule has 1 N–H and O–H groups in total. The molecule has 2 atom stereocenters. The molecule has 12 heavy (non-hydrogen) atoms. The van der Waals surface area contributed by atoms with Crippen molar-refractivity contribution in [2.45, 2.75) is 32.7 Å². The van der Waals surface area contributed by atoms with Crippen molar-refractivity contribution < 1.29 is 0 Å². The lowest BCUT2D eigenvalue weighted by molar-refractivity contribution is 0.242. The van der Waals surface area contributed by atoms with Gasteiger partial charge >= 0.3 is 0 Å². The highest BCUT2D eigenvalue weighted by atomic mass is 15.1. The van der Waals surface area contributed by atoms with Gasteiger partial charge in [0.15, 0.2) is 0 Å². The molecule has 0 rings (SSSR count). The molecule has 0 amide bonds. The fourth-order valence-corrected chi connectivity index (χ4v) is 1.64. The number of nitrogens with one attached hydrogen (secondary N) is 1. The number of hydrogen-bond acceptors (Lipinski definition) is 2. The van der Waals surface area contributed by atoms with E-state index in [1.165, 1.54) is 12.8 Å². The third-order valence-electron chi connectivity index (χ3n) is 2.43. The smallest absolute Gasteiger partial charge is 0.00895 e. The molecule has 0 aliphatic rings. The van der Waals surface area contributed by atoms with Crippen LogP contribution in [0.1, 0.15) is 26.7 Å². The van der Waals surface area contributed by atoms with Gasteiger partial charge in [0, 0.05) is 6.04 Å². The van der Waals surface area contributed by atoms with Gasteiger partial charge in [-0.2, -0.15) is 0 Å². The summed E-state index contributed by atoms with van der Waals surface area (Å²) in [5.74, 6) is 0.780. The van der Waals surface area contributed by atoms with Crippen LogP contribution in [0.25, 0.3) is 0 Å². The topological polar surface area (TPSA) is 15.3 Å². The van der Waals surface area contributed by atoms with E-state index in [1.807, 2.05) is 7.05 Å². The molecule has 0 bridgehead atoms. The van der Waals surface area contributed by atoms with Crippen LogP contribution in [0.5, 0.6) is 0 Å². The molecule has 2 unspecified atom stereocenters. The monoisotopic (exact) mass is 172 g/mol. The van der Waals surface area contributed by atoms with Gasteiger partial charge in [0.25, 0.3) is 0 Å². The van der Waals surface area contributed by atoms with Gasteiger partial charge in [-0.25, -0.2) is 0 Å². The van der Waals surface area contributed by atoms with E-state index < -0.39 is 0 Å². The predicted octanol–water partition coefficient (Wildman–Crippen LogP) is 1.57. The van der Waals surface area contributed by atoms with E-state index in [4.69, 9.17) is 0 Å². The quantitative estimate of drug-likeness (QED) is 0.654. The van der Waals surface area contributed by atoms with Crippen LogP contribution >= 0.6 is 0 Å². The standard InChI is InChI=1S/C10H24N2/c1-6-10(12(4)5)7-9(2)8-11-3/h9-11H,6-8H2,1-5H3. The van der Waals surface area contributed by atoms with E-state index in [0.717, 1.165) is 18.5 Å². The van der Waals surface area contributed by atoms with Gasteiger partial charge in [-0.05, 0) is 46.4 Å². The van der Waals surface area contributed by atoms with Crippen LogP contribution in [-0.4, -0.2) is 38.6 Å². The fraction of sp³-hybridized carbons (Fsp3) is 1.00. The second kappa shape index (κ2) is 6.44. The predicted molar refractivity (Wildman–Crippen MR) is 55.5 cm³/mol. The first-order valence-corrected chi connectivity index (χ1v) is 4.92. The second-order valence-electron chi connectivity index (χ2n) is 3.92. The molecule has 0 aliphatic heterocycles. The highest BCUT2D eigenvalue weighted by Crippen LogP contribution is 2.11. The molecular weight excluding hydrogens is 148 g/mol. The van der Waals surface area contributed by atoms with Crippen molar-refractivity contribution in [3.63, 3.8) is 0 Å². The molecule has 0 aromatic rings. The Bertz CT molecular complexity index is 102. The molecule has 74 valence electrons. The summed E-state index contributed by atoms with van der Waals surface area (Å²) in [4.78, 5) is 2.33. The van der Waals surface area contributed by atoms with Gasteiger partial charge in [0.1, 0.15) is 0 Å². The van der Waals surface area contributed by atoms with E-state index in [9.17, 15) is 0 Å². The average molecular weight is 172 g/mol. The zero-order valence-electron chi connectivity index (χ0n) is 9.22.